The first kappa shape index (κ1) is 15.2. The number of carboxylic acid groups (broad SMARTS) is 2. The standard InChI is InChI=1S/C11H18N2O6/c1-2-19-7-3-6(4-7)12-11(18)13-8(10(16)17)5-9(14)15/h6-8H,2-5H2,1H3,(H,14,15)(H,16,17)(H2,12,13,18)/t6?,7?,8-/m0/s1. The molecule has 4 N–H and O–H groups in total. The smallest absolute Gasteiger partial charge is 0.326 e. The molecule has 0 saturated heterocycles. The van der Waals surface area contributed by atoms with Crippen LogP contribution in [-0.4, -0.2) is 53.0 Å². The van der Waals surface area contributed by atoms with Crippen molar-refractivity contribution in [1.82, 2.24) is 10.6 Å². The Kier molecular flexibility index (Phi) is 5.56. The number of aliphatic carboxylic acids is 2. The molecule has 1 aliphatic carbocycles. The Morgan fingerprint density at radius 1 is 1.32 bits per heavy atom. The number of nitrogens with one attached hydrogen (secondary N) is 2. The first-order valence-corrected chi connectivity index (χ1v) is 6.05. The molecule has 19 heavy (non-hydrogen) atoms. The molecular weight excluding hydrogens is 256 g/mol. The number of urea groups is 1. The van der Waals surface area contributed by atoms with Gasteiger partial charge in [0.15, 0.2) is 0 Å². The number of hydrogen-bond acceptors (Lipinski definition) is 4. The molecule has 1 rings (SSSR count). The van der Waals surface area contributed by atoms with E-state index in [4.69, 9.17) is 14.9 Å². The summed E-state index contributed by atoms with van der Waals surface area (Å²) in [4.78, 5) is 32.7. The van der Waals surface area contributed by atoms with Gasteiger partial charge in [-0.05, 0) is 19.8 Å². The van der Waals surface area contributed by atoms with Crippen LogP contribution < -0.4 is 10.6 Å². The summed E-state index contributed by atoms with van der Waals surface area (Å²) < 4.78 is 5.32. The van der Waals surface area contributed by atoms with E-state index in [1.165, 1.54) is 0 Å². The Labute approximate surface area is 110 Å². The van der Waals surface area contributed by atoms with E-state index in [1.54, 1.807) is 0 Å². The lowest BCUT2D eigenvalue weighted by atomic mass is 9.89. The maximum Gasteiger partial charge on any atom is 0.326 e. The van der Waals surface area contributed by atoms with Crippen molar-refractivity contribution in [3.8, 4) is 0 Å². The second-order valence-corrected chi connectivity index (χ2v) is 4.35. The van der Waals surface area contributed by atoms with E-state index in [1.807, 2.05) is 6.92 Å². The van der Waals surface area contributed by atoms with Crippen LogP contribution in [-0.2, 0) is 14.3 Å². The third-order valence-electron chi connectivity index (χ3n) is 2.81. The molecule has 108 valence electrons. The molecule has 0 radical (unpaired) electrons. The second-order valence-electron chi connectivity index (χ2n) is 4.35. The number of hydrogen-bond donors (Lipinski definition) is 4. The van der Waals surface area contributed by atoms with E-state index in [-0.39, 0.29) is 12.1 Å². The van der Waals surface area contributed by atoms with Crippen molar-refractivity contribution in [2.75, 3.05) is 6.61 Å². The molecule has 1 saturated carbocycles. The molecule has 0 aliphatic heterocycles. The van der Waals surface area contributed by atoms with Crippen molar-refractivity contribution in [1.29, 1.82) is 0 Å². The number of ether oxygens (including phenoxy) is 1. The first-order chi connectivity index (χ1) is 8.92. The van der Waals surface area contributed by atoms with Gasteiger partial charge in [0.05, 0.1) is 12.5 Å². The topological polar surface area (TPSA) is 125 Å². The molecule has 1 atom stereocenters. The molecule has 8 nitrogen and oxygen atoms in total. The fraction of sp³-hybridized carbons (Fsp3) is 0.727. The van der Waals surface area contributed by atoms with Crippen LogP contribution in [0.25, 0.3) is 0 Å². The highest BCUT2D eigenvalue weighted by molar-refractivity contribution is 5.86. The van der Waals surface area contributed by atoms with Crippen LogP contribution >= 0.6 is 0 Å². The lowest BCUT2D eigenvalue weighted by Crippen LogP contribution is -2.54. The first-order valence-electron chi connectivity index (χ1n) is 6.05. The van der Waals surface area contributed by atoms with Crippen LogP contribution in [0.3, 0.4) is 0 Å². The minimum absolute atomic E-state index is 0.0594. The van der Waals surface area contributed by atoms with Gasteiger partial charge in [0, 0.05) is 12.6 Å². The quantitative estimate of drug-likeness (QED) is 0.508. The number of carbonyl (C=O) groups excluding carboxylic acids is 1. The van der Waals surface area contributed by atoms with E-state index in [0.717, 1.165) is 0 Å². The van der Waals surface area contributed by atoms with Crippen molar-refractivity contribution in [2.45, 2.75) is 44.4 Å². The van der Waals surface area contributed by atoms with Crippen LogP contribution in [0.2, 0.25) is 0 Å². The third kappa shape index (κ3) is 5.12. The van der Waals surface area contributed by atoms with Crippen molar-refractivity contribution < 1.29 is 29.3 Å². The average molecular weight is 274 g/mol. The van der Waals surface area contributed by atoms with Gasteiger partial charge >= 0.3 is 18.0 Å². The molecule has 8 heteroatoms. The summed E-state index contributed by atoms with van der Waals surface area (Å²) in [5, 5.41) is 22.0. The summed E-state index contributed by atoms with van der Waals surface area (Å²) in [6.07, 6.45) is 0.829. The predicted octanol–water partition coefficient (Wildman–Crippen LogP) is -0.219. The lowest BCUT2D eigenvalue weighted by molar-refractivity contribution is -0.145. The number of carbonyl (C=O) groups is 3. The van der Waals surface area contributed by atoms with Gasteiger partial charge in [0.1, 0.15) is 6.04 Å². The molecule has 0 aromatic carbocycles. The van der Waals surface area contributed by atoms with Gasteiger partial charge in [0.2, 0.25) is 0 Å². The Hall–Kier alpha value is -1.83. The van der Waals surface area contributed by atoms with Crippen molar-refractivity contribution in [2.24, 2.45) is 0 Å². The van der Waals surface area contributed by atoms with Crippen LogP contribution in [0.5, 0.6) is 0 Å². The molecule has 0 aromatic heterocycles. The summed E-state index contributed by atoms with van der Waals surface area (Å²) in [6.45, 7) is 2.50. The third-order valence-corrected chi connectivity index (χ3v) is 2.81. The summed E-state index contributed by atoms with van der Waals surface area (Å²) in [7, 11) is 0. The van der Waals surface area contributed by atoms with Gasteiger partial charge < -0.3 is 25.6 Å². The van der Waals surface area contributed by atoms with Crippen LogP contribution in [0.1, 0.15) is 26.2 Å². The molecule has 1 aliphatic rings. The Bertz CT molecular complexity index is 353. The minimum atomic E-state index is -1.43. The van der Waals surface area contributed by atoms with Gasteiger partial charge in [0.25, 0.3) is 0 Å². The lowest BCUT2D eigenvalue weighted by Gasteiger charge is -2.35. The van der Waals surface area contributed by atoms with Crippen molar-refractivity contribution >= 4 is 18.0 Å². The zero-order valence-corrected chi connectivity index (χ0v) is 10.6. The summed E-state index contributed by atoms with van der Waals surface area (Å²) in [5.74, 6) is -2.66. The fourth-order valence-electron chi connectivity index (χ4n) is 1.82. The van der Waals surface area contributed by atoms with Crippen LogP contribution in [0.4, 0.5) is 4.79 Å². The van der Waals surface area contributed by atoms with Gasteiger partial charge in [-0.15, -0.1) is 0 Å². The summed E-state index contributed by atoms with van der Waals surface area (Å²) >= 11 is 0. The molecule has 0 heterocycles. The molecule has 0 unspecified atom stereocenters. The fourth-order valence-corrected chi connectivity index (χ4v) is 1.82. The summed E-state index contributed by atoms with van der Waals surface area (Å²) in [5.41, 5.74) is 0. The SMILES string of the molecule is CCOC1CC(NC(=O)N[C@@H](CC(=O)O)C(=O)O)C1. The van der Waals surface area contributed by atoms with E-state index >= 15 is 0 Å². The van der Waals surface area contributed by atoms with E-state index in [0.29, 0.717) is 19.4 Å². The summed E-state index contributed by atoms with van der Waals surface area (Å²) in [6, 6.07) is -2.16. The average Bonchev–Trinajstić information content (AvgIpc) is 2.24. The highest BCUT2D eigenvalue weighted by Gasteiger charge is 2.31. The molecule has 0 spiro atoms. The predicted molar refractivity (Wildman–Crippen MR) is 63.8 cm³/mol. The highest BCUT2D eigenvalue weighted by Crippen LogP contribution is 2.22. The van der Waals surface area contributed by atoms with E-state index < -0.39 is 30.4 Å². The van der Waals surface area contributed by atoms with Gasteiger partial charge in [-0.3, -0.25) is 4.79 Å². The number of amides is 2. The number of carboxylic acids is 2. The van der Waals surface area contributed by atoms with E-state index in [9.17, 15) is 14.4 Å². The zero-order chi connectivity index (χ0) is 14.4. The largest absolute Gasteiger partial charge is 0.481 e. The Morgan fingerprint density at radius 2 is 1.95 bits per heavy atom. The molecular formula is C11H18N2O6. The van der Waals surface area contributed by atoms with Crippen LogP contribution in [0.15, 0.2) is 0 Å². The monoisotopic (exact) mass is 274 g/mol. The highest BCUT2D eigenvalue weighted by atomic mass is 16.5. The number of rotatable bonds is 7. The van der Waals surface area contributed by atoms with Gasteiger partial charge in [-0.25, -0.2) is 9.59 Å². The second kappa shape index (κ2) is 6.93. The minimum Gasteiger partial charge on any atom is -0.481 e. The van der Waals surface area contributed by atoms with Gasteiger partial charge in [-0.2, -0.15) is 0 Å². The zero-order valence-electron chi connectivity index (χ0n) is 10.6. The molecule has 0 aromatic rings. The maximum absolute atomic E-state index is 11.5. The van der Waals surface area contributed by atoms with Crippen molar-refractivity contribution in [3.63, 3.8) is 0 Å². The molecule has 1 fully saturated rings. The van der Waals surface area contributed by atoms with E-state index in [2.05, 4.69) is 10.6 Å². The van der Waals surface area contributed by atoms with Crippen LogP contribution in [0, 0.1) is 0 Å². The Morgan fingerprint density at radius 3 is 2.42 bits per heavy atom. The maximum atomic E-state index is 11.5. The Balaban J connectivity index is 2.30. The van der Waals surface area contributed by atoms with Gasteiger partial charge in [-0.1, -0.05) is 0 Å². The van der Waals surface area contributed by atoms with Crippen molar-refractivity contribution in [3.05, 3.63) is 0 Å². The molecule has 2 amide bonds. The normalized spacial score (nSPS) is 23.0. The molecule has 0 bridgehead atoms.